The maximum Gasteiger partial charge on any atom is 0.240 e. The summed E-state index contributed by atoms with van der Waals surface area (Å²) in [5.41, 5.74) is 5.09. The molecule has 20 heavy (non-hydrogen) atoms. The summed E-state index contributed by atoms with van der Waals surface area (Å²) < 4.78 is 0. The second kappa shape index (κ2) is 5.36. The van der Waals surface area contributed by atoms with Crippen LogP contribution < -0.4 is 10.7 Å². The van der Waals surface area contributed by atoms with Gasteiger partial charge in [-0.3, -0.25) is 9.59 Å². The van der Waals surface area contributed by atoms with Crippen molar-refractivity contribution >= 4 is 39.1 Å². The molecule has 2 N–H and O–H groups in total. The van der Waals surface area contributed by atoms with E-state index >= 15 is 0 Å². The summed E-state index contributed by atoms with van der Waals surface area (Å²) in [5.74, 6) is 0.0981. The second-order valence-corrected chi connectivity index (χ2v) is 6.19. The molecule has 0 bridgehead atoms. The monoisotopic (exact) mass is 335 g/mol. The van der Waals surface area contributed by atoms with E-state index in [-0.39, 0.29) is 17.7 Å². The van der Waals surface area contributed by atoms with E-state index in [1.54, 1.807) is 0 Å². The number of carbonyl (C=O) groups is 2. The quantitative estimate of drug-likeness (QED) is 0.829. The number of hydrogen-bond donors (Lipinski definition) is 2. The smallest absolute Gasteiger partial charge is 0.240 e. The summed E-state index contributed by atoms with van der Waals surface area (Å²) in [4.78, 5) is 23.2. The summed E-state index contributed by atoms with van der Waals surface area (Å²) in [6.45, 7) is 0. The predicted octanol–water partition coefficient (Wildman–Crippen LogP) is 2.02. The van der Waals surface area contributed by atoms with E-state index in [0.717, 1.165) is 23.4 Å². The second-order valence-electron chi connectivity index (χ2n) is 5.02. The number of nitrogens with one attached hydrogen (secondary N) is 2. The molecule has 5 nitrogen and oxygen atoms in total. The Morgan fingerprint density at radius 1 is 1.30 bits per heavy atom. The Bertz CT molecular complexity index is 583. The Balaban J connectivity index is 1.65. The standard InChI is InChI=1S/C14H14BrN3O2/c15-11-7-10(11)14(20)16-9-3-1-8(2-4-9)12-5-6-13(19)18-17-12/h1-4,10-11H,5-7H2,(H,16,20)(H,18,19). The van der Waals surface area contributed by atoms with E-state index in [0.29, 0.717) is 17.7 Å². The van der Waals surface area contributed by atoms with E-state index in [1.165, 1.54) is 0 Å². The zero-order valence-corrected chi connectivity index (χ0v) is 12.3. The van der Waals surface area contributed by atoms with Crippen molar-refractivity contribution in [1.82, 2.24) is 5.43 Å². The van der Waals surface area contributed by atoms with Gasteiger partial charge in [-0.1, -0.05) is 28.1 Å². The van der Waals surface area contributed by atoms with E-state index < -0.39 is 0 Å². The van der Waals surface area contributed by atoms with Gasteiger partial charge in [0, 0.05) is 23.4 Å². The Morgan fingerprint density at radius 2 is 2.00 bits per heavy atom. The zero-order chi connectivity index (χ0) is 14.1. The molecule has 0 spiro atoms. The minimum Gasteiger partial charge on any atom is -0.326 e. The van der Waals surface area contributed by atoms with Gasteiger partial charge < -0.3 is 5.32 Å². The summed E-state index contributed by atoms with van der Waals surface area (Å²) >= 11 is 3.42. The predicted molar refractivity (Wildman–Crippen MR) is 79.8 cm³/mol. The molecule has 1 aliphatic heterocycles. The summed E-state index contributed by atoms with van der Waals surface area (Å²) in [6, 6.07) is 7.53. The van der Waals surface area contributed by atoms with Crippen LogP contribution in [0.15, 0.2) is 29.4 Å². The van der Waals surface area contributed by atoms with Crippen LogP contribution in [0.5, 0.6) is 0 Å². The highest BCUT2D eigenvalue weighted by Crippen LogP contribution is 2.38. The highest BCUT2D eigenvalue weighted by atomic mass is 79.9. The fourth-order valence-electron chi connectivity index (χ4n) is 2.10. The van der Waals surface area contributed by atoms with Gasteiger partial charge in [0.2, 0.25) is 11.8 Å². The maximum absolute atomic E-state index is 11.8. The van der Waals surface area contributed by atoms with Gasteiger partial charge in [0.15, 0.2) is 0 Å². The number of benzene rings is 1. The third-order valence-electron chi connectivity index (χ3n) is 3.44. The van der Waals surface area contributed by atoms with E-state index in [9.17, 15) is 9.59 Å². The molecule has 2 aliphatic rings. The van der Waals surface area contributed by atoms with Crippen LogP contribution in [-0.4, -0.2) is 22.4 Å². The number of carbonyl (C=O) groups excluding carboxylic acids is 2. The van der Waals surface area contributed by atoms with Crippen molar-refractivity contribution in [3.8, 4) is 0 Å². The summed E-state index contributed by atoms with van der Waals surface area (Å²) in [6.07, 6.45) is 2.01. The van der Waals surface area contributed by atoms with Crippen LogP contribution in [0.4, 0.5) is 5.69 Å². The molecule has 2 amide bonds. The highest BCUT2D eigenvalue weighted by molar-refractivity contribution is 9.09. The normalized spacial score (nSPS) is 24.6. The number of anilines is 1. The fraction of sp³-hybridized carbons (Fsp3) is 0.357. The lowest BCUT2D eigenvalue weighted by Gasteiger charge is -2.12. The molecular formula is C14H14BrN3O2. The molecule has 1 aliphatic carbocycles. The lowest BCUT2D eigenvalue weighted by Crippen LogP contribution is -2.25. The van der Waals surface area contributed by atoms with Crippen LogP contribution in [-0.2, 0) is 9.59 Å². The van der Waals surface area contributed by atoms with Crippen molar-refractivity contribution in [2.75, 3.05) is 5.32 Å². The first-order valence-electron chi connectivity index (χ1n) is 6.54. The van der Waals surface area contributed by atoms with Crippen molar-refractivity contribution < 1.29 is 9.59 Å². The first-order chi connectivity index (χ1) is 9.63. The number of hydrogen-bond acceptors (Lipinski definition) is 3. The molecule has 1 aromatic rings. The van der Waals surface area contributed by atoms with Crippen LogP contribution in [0.3, 0.4) is 0 Å². The van der Waals surface area contributed by atoms with Crippen LogP contribution in [0.25, 0.3) is 0 Å². The number of halogens is 1. The lowest BCUT2D eigenvalue weighted by molar-refractivity contribution is -0.121. The first-order valence-corrected chi connectivity index (χ1v) is 7.46. The van der Waals surface area contributed by atoms with Crippen molar-refractivity contribution in [1.29, 1.82) is 0 Å². The van der Waals surface area contributed by atoms with E-state index in [4.69, 9.17) is 0 Å². The molecule has 3 rings (SSSR count). The fourth-order valence-corrected chi connectivity index (χ4v) is 2.74. The minimum absolute atomic E-state index is 0.0496. The molecule has 2 atom stereocenters. The molecule has 1 aromatic carbocycles. The van der Waals surface area contributed by atoms with Gasteiger partial charge in [0.25, 0.3) is 0 Å². The largest absolute Gasteiger partial charge is 0.326 e. The number of amides is 2. The molecule has 0 saturated heterocycles. The molecule has 0 radical (unpaired) electrons. The molecule has 1 fully saturated rings. The van der Waals surface area contributed by atoms with Gasteiger partial charge in [0.05, 0.1) is 11.6 Å². The molecule has 104 valence electrons. The topological polar surface area (TPSA) is 70.6 Å². The minimum atomic E-state index is -0.0496. The molecule has 2 unspecified atom stereocenters. The average molecular weight is 336 g/mol. The van der Waals surface area contributed by atoms with Crippen molar-refractivity contribution in [3.05, 3.63) is 29.8 Å². The lowest BCUT2D eigenvalue weighted by atomic mass is 10.0. The van der Waals surface area contributed by atoms with Gasteiger partial charge in [-0.15, -0.1) is 0 Å². The Hall–Kier alpha value is -1.69. The SMILES string of the molecule is O=C1CCC(c2ccc(NC(=O)C3CC3Br)cc2)=NN1. The third-order valence-corrected chi connectivity index (χ3v) is 4.45. The molecule has 0 aromatic heterocycles. The van der Waals surface area contributed by atoms with Crippen LogP contribution >= 0.6 is 15.9 Å². The van der Waals surface area contributed by atoms with Gasteiger partial charge in [-0.05, 0) is 24.1 Å². The first kappa shape index (κ1) is 13.3. The van der Waals surface area contributed by atoms with Gasteiger partial charge in [-0.25, -0.2) is 5.43 Å². The Kier molecular flexibility index (Phi) is 3.56. The van der Waals surface area contributed by atoms with Crippen LogP contribution in [0.1, 0.15) is 24.8 Å². The van der Waals surface area contributed by atoms with Crippen molar-refractivity contribution in [2.45, 2.75) is 24.1 Å². The third kappa shape index (κ3) is 2.90. The highest BCUT2D eigenvalue weighted by Gasteiger charge is 2.40. The summed E-state index contributed by atoms with van der Waals surface area (Å²) in [5, 5.41) is 6.94. The van der Waals surface area contributed by atoms with Crippen molar-refractivity contribution in [3.63, 3.8) is 0 Å². The molecular weight excluding hydrogens is 322 g/mol. The molecule has 1 saturated carbocycles. The Labute approximate surface area is 124 Å². The van der Waals surface area contributed by atoms with Crippen LogP contribution in [0.2, 0.25) is 0 Å². The Morgan fingerprint density at radius 3 is 2.55 bits per heavy atom. The number of hydrazone groups is 1. The summed E-state index contributed by atoms with van der Waals surface area (Å²) in [7, 11) is 0. The number of alkyl halides is 1. The van der Waals surface area contributed by atoms with E-state index in [1.807, 2.05) is 24.3 Å². The van der Waals surface area contributed by atoms with E-state index in [2.05, 4.69) is 31.8 Å². The van der Waals surface area contributed by atoms with Gasteiger partial charge in [0.1, 0.15) is 0 Å². The molecule has 1 heterocycles. The maximum atomic E-state index is 11.8. The average Bonchev–Trinajstić information content (AvgIpc) is 3.18. The zero-order valence-electron chi connectivity index (χ0n) is 10.7. The number of rotatable bonds is 3. The molecule has 6 heteroatoms. The van der Waals surface area contributed by atoms with Crippen molar-refractivity contribution in [2.24, 2.45) is 11.0 Å². The number of nitrogens with zero attached hydrogens (tertiary/aromatic N) is 1. The van der Waals surface area contributed by atoms with Gasteiger partial charge in [-0.2, -0.15) is 5.10 Å². The van der Waals surface area contributed by atoms with Crippen LogP contribution in [0, 0.1) is 5.92 Å². The van der Waals surface area contributed by atoms with Gasteiger partial charge >= 0.3 is 0 Å².